The smallest absolute Gasteiger partial charge is 0.382 e. The first-order valence-electron chi connectivity index (χ1n) is 10.8. The molecule has 0 unspecified atom stereocenters. The summed E-state index contributed by atoms with van der Waals surface area (Å²) in [5, 5.41) is 7.03. The predicted molar refractivity (Wildman–Crippen MR) is 123 cm³/mol. The van der Waals surface area contributed by atoms with Gasteiger partial charge >= 0.3 is 18.4 Å². The highest BCUT2D eigenvalue weighted by atomic mass is 19.4. The van der Waals surface area contributed by atoms with Gasteiger partial charge in [-0.05, 0) is 49.7 Å². The second-order valence-corrected chi connectivity index (χ2v) is 7.81. The Morgan fingerprint density at radius 3 is 2.00 bits per heavy atom. The summed E-state index contributed by atoms with van der Waals surface area (Å²) in [4.78, 5) is 26.7. The van der Waals surface area contributed by atoms with E-state index in [4.69, 9.17) is 4.74 Å². The summed E-state index contributed by atoms with van der Waals surface area (Å²) < 4.78 is 83.5. The molecular formula is C23H26F6N4O3. The van der Waals surface area contributed by atoms with Gasteiger partial charge in [0.25, 0.3) is 5.91 Å². The first kappa shape index (κ1) is 28.8. The lowest BCUT2D eigenvalue weighted by Crippen LogP contribution is -2.28. The van der Waals surface area contributed by atoms with Crippen molar-refractivity contribution in [2.75, 3.05) is 49.4 Å². The van der Waals surface area contributed by atoms with Crippen molar-refractivity contribution < 1.29 is 40.7 Å². The predicted octanol–water partition coefficient (Wildman–Crippen LogP) is 5.59. The van der Waals surface area contributed by atoms with Crippen molar-refractivity contribution in [2.45, 2.75) is 25.7 Å². The fraction of sp³-hybridized carbons (Fsp3) is 0.391. The van der Waals surface area contributed by atoms with E-state index < -0.39 is 41.1 Å². The summed E-state index contributed by atoms with van der Waals surface area (Å²) in [6.45, 7) is 3.19. The van der Waals surface area contributed by atoms with E-state index >= 15 is 0 Å². The number of benzene rings is 2. The van der Waals surface area contributed by atoms with E-state index in [-0.39, 0.29) is 17.3 Å². The van der Waals surface area contributed by atoms with Crippen LogP contribution in [0, 0.1) is 0 Å². The van der Waals surface area contributed by atoms with Crippen LogP contribution < -0.4 is 20.9 Å². The first-order chi connectivity index (χ1) is 16.7. The van der Waals surface area contributed by atoms with Gasteiger partial charge in [0, 0.05) is 50.9 Å². The molecule has 0 aliphatic rings. The van der Waals surface area contributed by atoms with Gasteiger partial charge in [0.2, 0.25) is 0 Å². The molecule has 0 saturated carbocycles. The van der Waals surface area contributed by atoms with Crippen LogP contribution in [0.4, 0.5) is 48.2 Å². The molecule has 0 heterocycles. The molecule has 13 heteroatoms. The number of anilines is 3. The van der Waals surface area contributed by atoms with Crippen LogP contribution in [-0.4, -0.2) is 45.8 Å². The molecule has 0 saturated heterocycles. The molecule has 0 atom stereocenters. The highest BCUT2D eigenvalue weighted by Gasteiger charge is 2.37. The molecule has 0 aliphatic carbocycles. The molecule has 7 nitrogen and oxygen atoms in total. The lowest BCUT2D eigenvalue weighted by Gasteiger charge is -2.19. The summed E-state index contributed by atoms with van der Waals surface area (Å²) in [5.74, 6) is -0.438. The minimum absolute atomic E-state index is 0.0394. The molecule has 0 radical (unpaired) electrons. The number of nitrogens with zero attached hydrogens (tertiary/aromatic N) is 1. The van der Waals surface area contributed by atoms with Crippen LogP contribution in [0.1, 0.15) is 34.8 Å². The van der Waals surface area contributed by atoms with Gasteiger partial charge in [-0.25, -0.2) is 4.79 Å². The van der Waals surface area contributed by atoms with E-state index in [1.165, 1.54) is 18.2 Å². The molecule has 3 N–H and O–H groups in total. The van der Waals surface area contributed by atoms with Gasteiger partial charge in [0.15, 0.2) is 0 Å². The van der Waals surface area contributed by atoms with E-state index in [0.717, 1.165) is 0 Å². The largest absolute Gasteiger partial charge is 0.416 e. The van der Waals surface area contributed by atoms with Crippen LogP contribution in [0.5, 0.6) is 0 Å². The van der Waals surface area contributed by atoms with Gasteiger partial charge in [0.1, 0.15) is 0 Å². The van der Waals surface area contributed by atoms with Crippen molar-refractivity contribution in [1.82, 2.24) is 5.32 Å². The standard InChI is InChI=1S/C23H26F6N4O3/c1-4-36-9-5-8-30-20(34)18-13-16(6-7-19(18)33(2)3)31-21(35)32-17-11-14(22(24,25)26)10-15(12-17)23(27,28)29/h6-7,10-13H,4-5,8-9H2,1-3H3,(H,30,34)(H2,31,32,35). The number of nitrogens with one attached hydrogen (secondary N) is 3. The Hall–Kier alpha value is -3.48. The van der Waals surface area contributed by atoms with Crippen LogP contribution in [0.25, 0.3) is 0 Å². The molecule has 0 aromatic heterocycles. The zero-order valence-electron chi connectivity index (χ0n) is 19.7. The molecule has 0 aliphatic heterocycles. The topological polar surface area (TPSA) is 82.7 Å². The van der Waals surface area contributed by atoms with Crippen LogP contribution in [0.2, 0.25) is 0 Å². The fourth-order valence-corrected chi connectivity index (χ4v) is 3.12. The fourth-order valence-electron chi connectivity index (χ4n) is 3.12. The second kappa shape index (κ2) is 12.0. The number of alkyl halides is 6. The molecule has 0 bridgehead atoms. The van der Waals surface area contributed by atoms with Crippen molar-refractivity contribution in [2.24, 2.45) is 0 Å². The van der Waals surface area contributed by atoms with Gasteiger partial charge in [-0.2, -0.15) is 26.3 Å². The van der Waals surface area contributed by atoms with E-state index in [1.807, 2.05) is 12.2 Å². The Balaban J connectivity index is 2.21. The molecular weight excluding hydrogens is 494 g/mol. The number of amides is 3. The maximum atomic E-state index is 13.0. The summed E-state index contributed by atoms with van der Waals surface area (Å²) in [6.07, 6.45) is -9.53. The quantitative estimate of drug-likeness (QED) is 0.297. The summed E-state index contributed by atoms with van der Waals surface area (Å²) in [5.41, 5.74) is -3.01. The minimum atomic E-state index is -5.05. The number of halogens is 6. The average Bonchev–Trinajstić information content (AvgIpc) is 2.77. The Morgan fingerprint density at radius 1 is 0.889 bits per heavy atom. The number of hydrogen-bond donors (Lipinski definition) is 3. The molecule has 2 aromatic rings. The van der Waals surface area contributed by atoms with Gasteiger partial charge < -0.3 is 25.6 Å². The molecule has 0 spiro atoms. The first-order valence-corrected chi connectivity index (χ1v) is 10.8. The normalized spacial score (nSPS) is 11.7. The van der Waals surface area contributed by atoms with Gasteiger partial charge in [-0.15, -0.1) is 0 Å². The number of urea groups is 1. The average molecular weight is 520 g/mol. The maximum Gasteiger partial charge on any atom is 0.416 e. The minimum Gasteiger partial charge on any atom is -0.382 e. The molecule has 3 amide bonds. The van der Waals surface area contributed by atoms with Gasteiger partial charge in [-0.3, -0.25) is 4.79 Å². The zero-order valence-corrected chi connectivity index (χ0v) is 19.7. The summed E-state index contributed by atoms with van der Waals surface area (Å²) in [6, 6.07) is 3.98. The number of ether oxygens (including phenoxy) is 1. The SMILES string of the molecule is CCOCCCNC(=O)c1cc(NC(=O)Nc2cc(C(F)(F)F)cc(C(F)(F)F)c2)ccc1N(C)C. The number of carbonyl (C=O) groups is 2. The maximum absolute atomic E-state index is 13.0. The summed E-state index contributed by atoms with van der Waals surface area (Å²) in [7, 11) is 3.40. The molecule has 2 aromatic carbocycles. The molecule has 2 rings (SSSR count). The van der Waals surface area contributed by atoms with Crippen LogP contribution in [0.15, 0.2) is 36.4 Å². The van der Waals surface area contributed by atoms with Gasteiger partial charge in [-0.1, -0.05) is 0 Å². The van der Waals surface area contributed by atoms with E-state index in [2.05, 4.69) is 10.6 Å². The lowest BCUT2D eigenvalue weighted by atomic mass is 10.1. The number of hydrogen-bond acceptors (Lipinski definition) is 4. The Morgan fingerprint density at radius 2 is 1.47 bits per heavy atom. The third-order valence-electron chi connectivity index (χ3n) is 4.78. The molecule has 36 heavy (non-hydrogen) atoms. The van der Waals surface area contributed by atoms with Crippen molar-refractivity contribution >= 4 is 29.0 Å². The van der Waals surface area contributed by atoms with Crippen molar-refractivity contribution in [1.29, 1.82) is 0 Å². The van der Waals surface area contributed by atoms with Crippen LogP contribution in [0.3, 0.4) is 0 Å². The Bertz CT molecular complexity index is 1040. The highest BCUT2D eigenvalue weighted by molar-refractivity contribution is 6.04. The van der Waals surface area contributed by atoms with E-state index in [1.54, 1.807) is 19.0 Å². The van der Waals surface area contributed by atoms with E-state index in [9.17, 15) is 35.9 Å². The number of carbonyl (C=O) groups excluding carboxylic acids is 2. The summed E-state index contributed by atoms with van der Waals surface area (Å²) >= 11 is 0. The zero-order chi connectivity index (χ0) is 27.1. The monoisotopic (exact) mass is 520 g/mol. The van der Waals surface area contributed by atoms with Crippen LogP contribution >= 0.6 is 0 Å². The van der Waals surface area contributed by atoms with Crippen molar-refractivity contribution in [3.8, 4) is 0 Å². The van der Waals surface area contributed by atoms with Crippen molar-refractivity contribution in [3.05, 3.63) is 53.1 Å². The Labute approximate surface area is 203 Å². The van der Waals surface area contributed by atoms with Crippen LogP contribution in [-0.2, 0) is 17.1 Å². The second-order valence-electron chi connectivity index (χ2n) is 7.81. The molecule has 198 valence electrons. The third kappa shape index (κ3) is 8.33. The Kier molecular flexibility index (Phi) is 9.56. The van der Waals surface area contributed by atoms with Gasteiger partial charge in [0.05, 0.1) is 16.7 Å². The van der Waals surface area contributed by atoms with E-state index in [0.29, 0.717) is 44.0 Å². The lowest BCUT2D eigenvalue weighted by molar-refractivity contribution is -0.143. The number of rotatable bonds is 9. The third-order valence-corrected chi connectivity index (χ3v) is 4.78. The van der Waals surface area contributed by atoms with Crippen molar-refractivity contribution in [3.63, 3.8) is 0 Å². The highest BCUT2D eigenvalue weighted by Crippen LogP contribution is 2.37. The molecule has 0 fully saturated rings.